The van der Waals surface area contributed by atoms with Crippen molar-refractivity contribution in [3.8, 4) is 0 Å². The monoisotopic (exact) mass is 249 g/mol. The molecule has 0 saturated carbocycles. The Kier molecular flexibility index (Phi) is 5.65. The van der Waals surface area contributed by atoms with E-state index in [4.69, 9.17) is 5.73 Å². The lowest BCUT2D eigenvalue weighted by Crippen LogP contribution is -2.34. The van der Waals surface area contributed by atoms with Crippen LogP contribution in [0.2, 0.25) is 0 Å². The third-order valence-corrected chi connectivity index (χ3v) is 3.15. The number of carbonyl (C=O) groups is 1. The third kappa shape index (κ3) is 4.04. The highest BCUT2D eigenvalue weighted by atomic mass is 16.1. The van der Waals surface area contributed by atoms with E-state index >= 15 is 0 Å². The van der Waals surface area contributed by atoms with E-state index in [1.165, 1.54) is 0 Å². The minimum Gasteiger partial charge on any atom is -0.398 e. The molecule has 0 aliphatic heterocycles. The first-order chi connectivity index (χ1) is 8.58. The molecule has 3 N–H and O–H groups in total. The standard InChI is InChI=1S/C14H23N3O/c1-4-17(5-2)9-8-16-14(18)12-7-6-11(3)13(15)10-12/h6-7,10H,4-5,8-9,15H2,1-3H3,(H,16,18). The number of amides is 1. The number of hydrogen-bond donors (Lipinski definition) is 2. The van der Waals surface area contributed by atoms with E-state index in [1.54, 1.807) is 12.1 Å². The molecule has 0 fully saturated rings. The van der Waals surface area contributed by atoms with E-state index in [-0.39, 0.29) is 5.91 Å². The average Bonchev–Trinajstić information content (AvgIpc) is 2.37. The van der Waals surface area contributed by atoms with Gasteiger partial charge in [0.25, 0.3) is 5.91 Å². The third-order valence-electron chi connectivity index (χ3n) is 3.15. The summed E-state index contributed by atoms with van der Waals surface area (Å²) in [5, 5.41) is 2.91. The van der Waals surface area contributed by atoms with Crippen molar-refractivity contribution in [3.05, 3.63) is 29.3 Å². The minimum atomic E-state index is -0.0612. The second-order valence-corrected chi connectivity index (χ2v) is 4.35. The van der Waals surface area contributed by atoms with E-state index in [1.807, 2.05) is 13.0 Å². The molecule has 1 rings (SSSR count). The number of nitrogens with zero attached hydrogens (tertiary/aromatic N) is 1. The highest BCUT2D eigenvalue weighted by Gasteiger charge is 2.07. The van der Waals surface area contributed by atoms with Crippen LogP contribution in [0.15, 0.2) is 18.2 Å². The van der Waals surface area contributed by atoms with Gasteiger partial charge in [-0.2, -0.15) is 0 Å². The highest BCUT2D eigenvalue weighted by molar-refractivity contribution is 5.95. The van der Waals surface area contributed by atoms with Crippen molar-refractivity contribution >= 4 is 11.6 Å². The summed E-state index contributed by atoms with van der Waals surface area (Å²) in [5.74, 6) is -0.0612. The summed E-state index contributed by atoms with van der Waals surface area (Å²) in [6.45, 7) is 9.71. The number of rotatable bonds is 6. The summed E-state index contributed by atoms with van der Waals surface area (Å²) in [6.07, 6.45) is 0. The molecule has 0 bridgehead atoms. The first kappa shape index (κ1) is 14.5. The molecule has 0 spiro atoms. The maximum atomic E-state index is 11.9. The van der Waals surface area contributed by atoms with Crippen molar-refractivity contribution in [3.63, 3.8) is 0 Å². The molecule has 100 valence electrons. The van der Waals surface area contributed by atoms with Crippen molar-refractivity contribution < 1.29 is 4.79 Å². The van der Waals surface area contributed by atoms with E-state index in [0.29, 0.717) is 17.8 Å². The molecule has 0 unspecified atom stereocenters. The lowest BCUT2D eigenvalue weighted by molar-refractivity contribution is 0.0949. The van der Waals surface area contributed by atoms with Crippen molar-refractivity contribution in [2.75, 3.05) is 31.9 Å². The summed E-state index contributed by atoms with van der Waals surface area (Å²) >= 11 is 0. The topological polar surface area (TPSA) is 58.4 Å². The largest absolute Gasteiger partial charge is 0.398 e. The zero-order valence-electron chi connectivity index (χ0n) is 11.5. The van der Waals surface area contributed by atoms with Gasteiger partial charge < -0.3 is 16.0 Å². The van der Waals surface area contributed by atoms with Crippen molar-refractivity contribution in [2.24, 2.45) is 0 Å². The summed E-state index contributed by atoms with van der Waals surface area (Å²) in [6, 6.07) is 5.40. The van der Waals surface area contributed by atoms with Crippen LogP contribution in [-0.4, -0.2) is 37.0 Å². The molecule has 0 heterocycles. The lowest BCUT2D eigenvalue weighted by atomic mass is 10.1. The quantitative estimate of drug-likeness (QED) is 0.754. The Hall–Kier alpha value is -1.55. The lowest BCUT2D eigenvalue weighted by Gasteiger charge is -2.18. The van der Waals surface area contributed by atoms with E-state index < -0.39 is 0 Å². The number of nitrogens with one attached hydrogen (secondary N) is 1. The van der Waals surface area contributed by atoms with Crippen LogP contribution >= 0.6 is 0 Å². The molecule has 0 atom stereocenters. The zero-order chi connectivity index (χ0) is 13.5. The zero-order valence-corrected chi connectivity index (χ0v) is 11.5. The van der Waals surface area contributed by atoms with Crippen LogP contribution in [0, 0.1) is 6.92 Å². The number of likely N-dealkylation sites (N-methyl/N-ethyl adjacent to an activating group) is 1. The summed E-state index contributed by atoms with van der Waals surface area (Å²) in [5.41, 5.74) is 8.07. The van der Waals surface area contributed by atoms with Gasteiger partial charge >= 0.3 is 0 Å². The van der Waals surface area contributed by atoms with Crippen LogP contribution in [0.1, 0.15) is 29.8 Å². The van der Waals surface area contributed by atoms with Gasteiger partial charge in [-0.3, -0.25) is 4.79 Å². The fourth-order valence-electron chi connectivity index (χ4n) is 1.75. The average molecular weight is 249 g/mol. The van der Waals surface area contributed by atoms with Gasteiger partial charge in [-0.1, -0.05) is 19.9 Å². The number of benzene rings is 1. The maximum Gasteiger partial charge on any atom is 0.251 e. The second kappa shape index (κ2) is 7.01. The first-order valence-corrected chi connectivity index (χ1v) is 6.45. The van der Waals surface area contributed by atoms with Crippen LogP contribution in [0.25, 0.3) is 0 Å². The Morgan fingerprint density at radius 1 is 1.33 bits per heavy atom. The van der Waals surface area contributed by atoms with Gasteiger partial charge in [0, 0.05) is 24.3 Å². The minimum absolute atomic E-state index is 0.0612. The van der Waals surface area contributed by atoms with Crippen molar-refractivity contribution in [1.82, 2.24) is 10.2 Å². The molecule has 0 aromatic heterocycles. The molecule has 4 nitrogen and oxygen atoms in total. The molecular formula is C14H23N3O. The maximum absolute atomic E-state index is 11.9. The van der Waals surface area contributed by atoms with Gasteiger partial charge in [0.05, 0.1) is 0 Å². The van der Waals surface area contributed by atoms with Crippen LogP contribution in [-0.2, 0) is 0 Å². The fraction of sp³-hybridized carbons (Fsp3) is 0.500. The van der Waals surface area contributed by atoms with Crippen LogP contribution < -0.4 is 11.1 Å². The van der Waals surface area contributed by atoms with Gasteiger partial charge in [0.1, 0.15) is 0 Å². The first-order valence-electron chi connectivity index (χ1n) is 6.45. The Balaban J connectivity index is 2.48. The molecular weight excluding hydrogens is 226 g/mol. The molecule has 0 aliphatic rings. The summed E-state index contributed by atoms with van der Waals surface area (Å²) in [4.78, 5) is 14.1. The van der Waals surface area contributed by atoms with Gasteiger partial charge in [0.15, 0.2) is 0 Å². The molecule has 1 amide bonds. The molecule has 0 aliphatic carbocycles. The SMILES string of the molecule is CCN(CC)CCNC(=O)c1ccc(C)c(N)c1. The Morgan fingerprint density at radius 2 is 2.00 bits per heavy atom. The van der Waals surface area contributed by atoms with Gasteiger partial charge in [0.2, 0.25) is 0 Å². The summed E-state index contributed by atoms with van der Waals surface area (Å²) in [7, 11) is 0. The number of nitrogen functional groups attached to an aromatic ring is 1. The van der Waals surface area contributed by atoms with Gasteiger partial charge in [-0.15, -0.1) is 0 Å². The number of nitrogens with two attached hydrogens (primary N) is 1. The van der Waals surface area contributed by atoms with Crippen molar-refractivity contribution in [2.45, 2.75) is 20.8 Å². The summed E-state index contributed by atoms with van der Waals surface area (Å²) < 4.78 is 0. The fourth-order valence-corrected chi connectivity index (χ4v) is 1.75. The number of aryl methyl sites for hydroxylation is 1. The van der Waals surface area contributed by atoms with Crippen LogP contribution in [0.4, 0.5) is 5.69 Å². The molecule has 1 aromatic rings. The van der Waals surface area contributed by atoms with Crippen LogP contribution in [0.3, 0.4) is 0 Å². The van der Waals surface area contributed by atoms with Gasteiger partial charge in [-0.05, 0) is 37.7 Å². The highest BCUT2D eigenvalue weighted by Crippen LogP contribution is 2.12. The van der Waals surface area contributed by atoms with E-state index in [9.17, 15) is 4.79 Å². The molecule has 4 heteroatoms. The molecule has 0 radical (unpaired) electrons. The number of anilines is 1. The number of hydrogen-bond acceptors (Lipinski definition) is 3. The molecule has 1 aromatic carbocycles. The Morgan fingerprint density at radius 3 is 2.56 bits per heavy atom. The van der Waals surface area contributed by atoms with Crippen LogP contribution in [0.5, 0.6) is 0 Å². The predicted octanol–water partition coefficient (Wildman–Crippen LogP) is 1.65. The van der Waals surface area contributed by atoms with E-state index in [2.05, 4.69) is 24.1 Å². The predicted molar refractivity (Wildman–Crippen MR) is 75.7 cm³/mol. The van der Waals surface area contributed by atoms with E-state index in [0.717, 1.165) is 25.2 Å². The Bertz CT molecular complexity index is 400. The van der Waals surface area contributed by atoms with Gasteiger partial charge in [-0.25, -0.2) is 0 Å². The Labute approximate surface area is 109 Å². The molecule has 0 saturated heterocycles. The second-order valence-electron chi connectivity index (χ2n) is 4.35. The normalized spacial score (nSPS) is 10.7. The molecule has 18 heavy (non-hydrogen) atoms. The smallest absolute Gasteiger partial charge is 0.251 e. The number of carbonyl (C=O) groups excluding carboxylic acids is 1. The van der Waals surface area contributed by atoms with Crippen molar-refractivity contribution in [1.29, 1.82) is 0 Å².